The zero-order chi connectivity index (χ0) is 18.5. The summed E-state index contributed by atoms with van der Waals surface area (Å²) in [6.07, 6.45) is 0. The Morgan fingerprint density at radius 1 is 0.423 bits per heavy atom. The number of rotatable bonds is 2. The van der Waals surface area contributed by atoms with E-state index in [0.29, 0.717) is 11.8 Å². The maximum atomic E-state index is 2.28. The number of fused-ring (bicyclic) bond motifs is 2. The summed E-state index contributed by atoms with van der Waals surface area (Å²) in [4.78, 5) is 0. The van der Waals surface area contributed by atoms with Gasteiger partial charge in [-0.15, -0.1) is 0 Å². The van der Waals surface area contributed by atoms with Crippen molar-refractivity contribution >= 4 is 21.5 Å². The Morgan fingerprint density at radius 2 is 0.769 bits per heavy atom. The van der Waals surface area contributed by atoms with Gasteiger partial charge in [0.25, 0.3) is 0 Å². The van der Waals surface area contributed by atoms with Crippen LogP contribution >= 0.6 is 0 Å². The highest BCUT2D eigenvalue weighted by Crippen LogP contribution is 2.21. The highest BCUT2D eigenvalue weighted by Gasteiger charge is 2.00. The maximum absolute atomic E-state index is 2.28. The molecule has 0 atom stereocenters. The summed E-state index contributed by atoms with van der Waals surface area (Å²) >= 11 is 0. The van der Waals surface area contributed by atoms with E-state index in [1.165, 1.54) is 32.7 Å². The van der Waals surface area contributed by atoms with Crippen molar-refractivity contribution in [3.05, 3.63) is 96.1 Å². The molecule has 0 saturated carbocycles. The van der Waals surface area contributed by atoms with Crippen molar-refractivity contribution < 1.29 is 0 Å². The molecule has 132 valence electrons. The second kappa shape index (κ2) is 8.19. The summed E-state index contributed by atoms with van der Waals surface area (Å²) in [6.45, 7) is 8.91. The van der Waals surface area contributed by atoms with Gasteiger partial charge in [-0.2, -0.15) is 0 Å². The second-order valence-electron chi connectivity index (χ2n) is 7.52. The lowest BCUT2D eigenvalue weighted by Gasteiger charge is -2.06. The first kappa shape index (κ1) is 18.2. The van der Waals surface area contributed by atoms with Crippen molar-refractivity contribution in [3.8, 4) is 0 Å². The molecule has 0 spiro atoms. The van der Waals surface area contributed by atoms with Crippen LogP contribution in [0, 0.1) is 0 Å². The van der Waals surface area contributed by atoms with Crippen LogP contribution in [0.1, 0.15) is 50.7 Å². The van der Waals surface area contributed by atoms with E-state index in [4.69, 9.17) is 0 Å². The summed E-state index contributed by atoms with van der Waals surface area (Å²) in [7, 11) is 0. The summed E-state index contributed by atoms with van der Waals surface area (Å²) in [6, 6.07) is 30.4. The van der Waals surface area contributed by atoms with Gasteiger partial charge in [0.2, 0.25) is 0 Å². The summed E-state index contributed by atoms with van der Waals surface area (Å²) in [5.74, 6) is 1.23. The van der Waals surface area contributed by atoms with E-state index in [-0.39, 0.29) is 0 Å². The standard InChI is InChI=1S/2C13H14/c2*1-10(2)12-8-7-11-5-3-4-6-13(11)9-12/h2*3-10H,1-2H3. The second-order valence-corrected chi connectivity index (χ2v) is 7.52. The van der Waals surface area contributed by atoms with Crippen molar-refractivity contribution in [2.45, 2.75) is 39.5 Å². The van der Waals surface area contributed by atoms with Crippen LogP contribution in [0.25, 0.3) is 21.5 Å². The molecular weight excluding hydrogens is 312 g/mol. The third-order valence-corrected chi connectivity index (χ3v) is 4.88. The van der Waals surface area contributed by atoms with E-state index in [2.05, 4.69) is 113 Å². The molecule has 0 N–H and O–H groups in total. The van der Waals surface area contributed by atoms with Crippen molar-refractivity contribution in [2.75, 3.05) is 0 Å². The minimum absolute atomic E-state index is 0.615. The van der Waals surface area contributed by atoms with Crippen LogP contribution in [0.15, 0.2) is 84.9 Å². The van der Waals surface area contributed by atoms with Crippen LogP contribution < -0.4 is 0 Å². The van der Waals surface area contributed by atoms with E-state index in [9.17, 15) is 0 Å². The Kier molecular flexibility index (Phi) is 5.73. The molecule has 0 nitrogen and oxygen atoms in total. The largest absolute Gasteiger partial charge is 0.0616 e. The molecular formula is C26H28. The first-order valence-corrected chi connectivity index (χ1v) is 9.52. The van der Waals surface area contributed by atoms with Gasteiger partial charge < -0.3 is 0 Å². The van der Waals surface area contributed by atoms with Gasteiger partial charge >= 0.3 is 0 Å². The van der Waals surface area contributed by atoms with Gasteiger partial charge in [0.1, 0.15) is 0 Å². The van der Waals surface area contributed by atoms with Crippen LogP contribution in [0.4, 0.5) is 0 Å². The Hall–Kier alpha value is -2.60. The average Bonchev–Trinajstić information content (AvgIpc) is 2.67. The summed E-state index contributed by atoms with van der Waals surface area (Å²) in [5.41, 5.74) is 2.83. The molecule has 0 fully saturated rings. The molecule has 0 heterocycles. The van der Waals surface area contributed by atoms with Crippen molar-refractivity contribution in [3.63, 3.8) is 0 Å². The molecule has 0 amide bonds. The van der Waals surface area contributed by atoms with E-state index >= 15 is 0 Å². The van der Waals surface area contributed by atoms with Gasteiger partial charge in [0.15, 0.2) is 0 Å². The van der Waals surface area contributed by atoms with Gasteiger partial charge in [-0.3, -0.25) is 0 Å². The topological polar surface area (TPSA) is 0 Å². The third-order valence-electron chi connectivity index (χ3n) is 4.88. The van der Waals surface area contributed by atoms with E-state index in [1.807, 2.05) is 0 Å². The van der Waals surface area contributed by atoms with Gasteiger partial charge in [0.05, 0.1) is 0 Å². The van der Waals surface area contributed by atoms with E-state index in [0.717, 1.165) is 0 Å². The molecule has 0 unspecified atom stereocenters. The lowest BCUT2D eigenvalue weighted by atomic mass is 9.99. The fourth-order valence-electron chi connectivity index (χ4n) is 3.13. The van der Waals surface area contributed by atoms with Crippen LogP contribution in [-0.4, -0.2) is 0 Å². The average molecular weight is 341 g/mol. The SMILES string of the molecule is CC(C)c1ccc2ccccc2c1.CC(C)c1ccc2ccccc2c1. The zero-order valence-corrected chi connectivity index (χ0v) is 16.2. The normalized spacial score (nSPS) is 11.0. The van der Waals surface area contributed by atoms with Crippen LogP contribution in [0.3, 0.4) is 0 Å². The molecule has 0 saturated heterocycles. The Balaban J connectivity index is 0.000000151. The van der Waals surface area contributed by atoms with Crippen molar-refractivity contribution in [1.82, 2.24) is 0 Å². The summed E-state index contributed by atoms with van der Waals surface area (Å²) in [5, 5.41) is 5.33. The molecule has 4 aromatic carbocycles. The highest BCUT2D eigenvalue weighted by molar-refractivity contribution is 5.83. The van der Waals surface area contributed by atoms with Gasteiger partial charge in [-0.25, -0.2) is 0 Å². The molecule has 0 aliphatic carbocycles. The molecule has 0 aliphatic rings. The monoisotopic (exact) mass is 340 g/mol. The number of benzene rings is 4. The Bertz CT molecular complexity index is 909. The van der Waals surface area contributed by atoms with Gasteiger partial charge in [-0.1, -0.05) is 113 Å². The first-order chi connectivity index (χ1) is 12.5. The minimum atomic E-state index is 0.615. The smallest absolute Gasteiger partial charge is 0.0181 e. The third kappa shape index (κ3) is 4.32. The highest BCUT2D eigenvalue weighted by atomic mass is 14.0. The molecule has 0 heteroatoms. The van der Waals surface area contributed by atoms with Crippen molar-refractivity contribution in [2.24, 2.45) is 0 Å². The van der Waals surface area contributed by atoms with E-state index < -0.39 is 0 Å². The Labute approximate surface area is 157 Å². The quantitative estimate of drug-likeness (QED) is 0.347. The molecule has 0 aliphatic heterocycles. The lowest BCUT2D eigenvalue weighted by Crippen LogP contribution is -1.85. The fourth-order valence-corrected chi connectivity index (χ4v) is 3.13. The number of hydrogen-bond acceptors (Lipinski definition) is 0. The van der Waals surface area contributed by atoms with Crippen LogP contribution in [0.5, 0.6) is 0 Å². The summed E-state index contributed by atoms with van der Waals surface area (Å²) < 4.78 is 0. The van der Waals surface area contributed by atoms with Gasteiger partial charge in [-0.05, 0) is 44.5 Å². The zero-order valence-electron chi connectivity index (χ0n) is 16.2. The fraction of sp³-hybridized carbons (Fsp3) is 0.231. The minimum Gasteiger partial charge on any atom is -0.0616 e. The molecule has 0 aromatic heterocycles. The molecule has 4 aromatic rings. The van der Waals surface area contributed by atoms with E-state index in [1.54, 1.807) is 0 Å². The molecule has 26 heavy (non-hydrogen) atoms. The van der Waals surface area contributed by atoms with Crippen LogP contribution in [0.2, 0.25) is 0 Å². The van der Waals surface area contributed by atoms with Crippen molar-refractivity contribution in [1.29, 1.82) is 0 Å². The molecule has 0 radical (unpaired) electrons. The molecule has 0 bridgehead atoms. The first-order valence-electron chi connectivity index (χ1n) is 9.52. The number of hydrogen-bond donors (Lipinski definition) is 0. The predicted molar refractivity (Wildman–Crippen MR) is 116 cm³/mol. The maximum Gasteiger partial charge on any atom is -0.0181 e. The molecule has 4 rings (SSSR count). The Morgan fingerprint density at radius 3 is 1.12 bits per heavy atom. The van der Waals surface area contributed by atoms with Gasteiger partial charge in [0, 0.05) is 0 Å². The van der Waals surface area contributed by atoms with Crippen LogP contribution in [-0.2, 0) is 0 Å². The lowest BCUT2D eigenvalue weighted by molar-refractivity contribution is 0.869. The predicted octanol–water partition coefficient (Wildman–Crippen LogP) is 7.93.